The van der Waals surface area contributed by atoms with E-state index in [4.69, 9.17) is 10.8 Å². The fourth-order valence-corrected chi connectivity index (χ4v) is 2.25. The van der Waals surface area contributed by atoms with Crippen molar-refractivity contribution in [2.24, 2.45) is 5.73 Å². The minimum absolute atomic E-state index is 0.0562. The molecule has 1 heterocycles. The second-order valence-corrected chi connectivity index (χ2v) is 4.45. The van der Waals surface area contributed by atoms with Gasteiger partial charge in [0.1, 0.15) is 0 Å². The summed E-state index contributed by atoms with van der Waals surface area (Å²) in [5.41, 5.74) is 8.80. The van der Waals surface area contributed by atoms with Gasteiger partial charge in [0.25, 0.3) is 0 Å². The monoisotopic (exact) mass is 234 g/mol. The average Bonchev–Trinajstić information content (AvgIpc) is 2.36. The Labute approximate surface area is 101 Å². The Morgan fingerprint density at radius 2 is 2.35 bits per heavy atom. The van der Waals surface area contributed by atoms with E-state index in [1.807, 2.05) is 18.2 Å². The third kappa shape index (κ3) is 2.33. The molecule has 92 valence electrons. The van der Waals surface area contributed by atoms with Crippen LogP contribution < -0.4 is 10.6 Å². The zero-order valence-corrected chi connectivity index (χ0v) is 10.0. The van der Waals surface area contributed by atoms with Gasteiger partial charge in [-0.3, -0.25) is 4.79 Å². The maximum atomic E-state index is 11.6. The summed E-state index contributed by atoms with van der Waals surface area (Å²) in [5.74, 6) is 0.0562. The molecule has 0 bridgehead atoms. The Hall–Kier alpha value is -1.39. The number of nitrogens with zero attached hydrogens (tertiary/aromatic N) is 1. The summed E-state index contributed by atoms with van der Waals surface area (Å²) in [7, 11) is 0. The van der Waals surface area contributed by atoms with E-state index >= 15 is 0 Å². The summed E-state index contributed by atoms with van der Waals surface area (Å²) in [5, 5.41) is 9.06. The van der Waals surface area contributed by atoms with Crippen LogP contribution in [0.2, 0.25) is 0 Å². The molecular weight excluding hydrogens is 216 g/mol. The zero-order chi connectivity index (χ0) is 12.4. The molecule has 0 saturated heterocycles. The summed E-state index contributed by atoms with van der Waals surface area (Å²) in [6, 6.07) is 5.49. The summed E-state index contributed by atoms with van der Waals surface area (Å²) >= 11 is 0. The standard InChI is InChI=1S/C13H18N2O2/c1-9(17)15-6-2-3-10-4-5-11(7-13(10)15)12(14)8-16/h4-5,7,12,16H,2-3,6,8,14H2,1H3. The van der Waals surface area contributed by atoms with E-state index in [2.05, 4.69) is 0 Å². The summed E-state index contributed by atoms with van der Waals surface area (Å²) in [4.78, 5) is 13.3. The molecule has 2 rings (SSSR count). The van der Waals surface area contributed by atoms with Gasteiger partial charge in [-0.15, -0.1) is 0 Å². The summed E-state index contributed by atoms with van der Waals surface area (Å²) in [6.45, 7) is 2.26. The molecule has 1 unspecified atom stereocenters. The van der Waals surface area contributed by atoms with E-state index in [9.17, 15) is 4.79 Å². The fraction of sp³-hybridized carbons (Fsp3) is 0.462. The van der Waals surface area contributed by atoms with Gasteiger partial charge in [-0.25, -0.2) is 0 Å². The number of rotatable bonds is 2. The molecule has 4 nitrogen and oxygen atoms in total. The highest BCUT2D eigenvalue weighted by Gasteiger charge is 2.20. The van der Waals surface area contributed by atoms with Crippen molar-refractivity contribution in [3.05, 3.63) is 29.3 Å². The quantitative estimate of drug-likeness (QED) is 0.801. The highest BCUT2D eigenvalue weighted by molar-refractivity contribution is 5.92. The molecule has 0 aromatic heterocycles. The van der Waals surface area contributed by atoms with Crippen molar-refractivity contribution in [2.75, 3.05) is 18.1 Å². The van der Waals surface area contributed by atoms with Crippen LogP contribution in [-0.2, 0) is 11.2 Å². The van der Waals surface area contributed by atoms with Crippen LogP contribution in [0.3, 0.4) is 0 Å². The lowest BCUT2D eigenvalue weighted by Gasteiger charge is -2.29. The van der Waals surface area contributed by atoms with Crippen molar-refractivity contribution in [1.82, 2.24) is 0 Å². The highest BCUT2D eigenvalue weighted by atomic mass is 16.3. The van der Waals surface area contributed by atoms with Gasteiger partial charge in [-0.1, -0.05) is 12.1 Å². The van der Waals surface area contributed by atoms with E-state index in [0.717, 1.165) is 30.6 Å². The minimum atomic E-state index is -0.379. The molecule has 0 saturated carbocycles. The fourth-order valence-electron chi connectivity index (χ4n) is 2.25. The van der Waals surface area contributed by atoms with Gasteiger partial charge in [0.2, 0.25) is 5.91 Å². The van der Waals surface area contributed by atoms with Crippen LogP contribution >= 0.6 is 0 Å². The molecule has 0 spiro atoms. The van der Waals surface area contributed by atoms with Gasteiger partial charge < -0.3 is 15.7 Å². The lowest BCUT2D eigenvalue weighted by molar-refractivity contribution is -0.116. The molecule has 3 N–H and O–H groups in total. The molecule has 1 atom stereocenters. The Balaban J connectivity index is 2.40. The van der Waals surface area contributed by atoms with Crippen molar-refractivity contribution >= 4 is 11.6 Å². The maximum absolute atomic E-state index is 11.6. The first-order valence-corrected chi connectivity index (χ1v) is 5.91. The zero-order valence-electron chi connectivity index (χ0n) is 10.0. The van der Waals surface area contributed by atoms with Crippen LogP contribution in [0.4, 0.5) is 5.69 Å². The number of anilines is 1. The molecular formula is C13H18N2O2. The Bertz CT molecular complexity index is 431. The molecule has 1 amide bonds. The van der Waals surface area contributed by atoms with E-state index < -0.39 is 0 Å². The van der Waals surface area contributed by atoms with Gasteiger partial charge in [0.05, 0.1) is 12.6 Å². The van der Waals surface area contributed by atoms with Crippen molar-refractivity contribution in [1.29, 1.82) is 0 Å². The maximum Gasteiger partial charge on any atom is 0.223 e. The number of carbonyl (C=O) groups is 1. The van der Waals surface area contributed by atoms with Crippen LogP contribution in [0.25, 0.3) is 0 Å². The number of hydrogen-bond acceptors (Lipinski definition) is 3. The molecule has 0 fully saturated rings. The van der Waals surface area contributed by atoms with Gasteiger partial charge in [-0.2, -0.15) is 0 Å². The van der Waals surface area contributed by atoms with Gasteiger partial charge in [0.15, 0.2) is 0 Å². The van der Waals surface area contributed by atoms with Gasteiger partial charge >= 0.3 is 0 Å². The summed E-state index contributed by atoms with van der Waals surface area (Å²) < 4.78 is 0. The summed E-state index contributed by atoms with van der Waals surface area (Å²) in [6.07, 6.45) is 1.99. The normalized spacial score (nSPS) is 16.5. The number of fused-ring (bicyclic) bond motifs is 1. The first-order valence-electron chi connectivity index (χ1n) is 5.91. The van der Waals surface area contributed by atoms with Crippen molar-refractivity contribution in [3.63, 3.8) is 0 Å². The number of hydrogen-bond donors (Lipinski definition) is 2. The second kappa shape index (κ2) is 4.85. The average molecular weight is 234 g/mol. The third-order valence-corrected chi connectivity index (χ3v) is 3.23. The van der Waals surface area contributed by atoms with Crippen LogP contribution in [-0.4, -0.2) is 24.2 Å². The number of carbonyl (C=O) groups excluding carboxylic acids is 1. The van der Waals surface area contributed by atoms with Crippen molar-refractivity contribution in [3.8, 4) is 0 Å². The SMILES string of the molecule is CC(=O)N1CCCc2ccc(C(N)CO)cc21. The van der Waals surface area contributed by atoms with Crippen molar-refractivity contribution in [2.45, 2.75) is 25.8 Å². The van der Waals surface area contributed by atoms with E-state index in [0.29, 0.717) is 0 Å². The van der Waals surface area contributed by atoms with Crippen LogP contribution in [0, 0.1) is 0 Å². The van der Waals surface area contributed by atoms with E-state index in [-0.39, 0.29) is 18.6 Å². The number of aliphatic hydroxyl groups is 1. The number of aryl methyl sites for hydroxylation is 1. The lowest BCUT2D eigenvalue weighted by Crippen LogP contribution is -2.33. The Kier molecular flexibility index (Phi) is 3.45. The third-order valence-electron chi connectivity index (χ3n) is 3.23. The predicted octanol–water partition coefficient (Wildman–Crippen LogP) is 0.978. The second-order valence-electron chi connectivity index (χ2n) is 4.45. The molecule has 1 aliphatic heterocycles. The molecule has 1 aromatic rings. The smallest absolute Gasteiger partial charge is 0.223 e. The number of benzene rings is 1. The van der Waals surface area contributed by atoms with Crippen molar-refractivity contribution < 1.29 is 9.90 Å². The molecule has 0 radical (unpaired) electrons. The largest absolute Gasteiger partial charge is 0.394 e. The molecule has 4 heteroatoms. The number of nitrogens with two attached hydrogens (primary N) is 1. The van der Waals surface area contributed by atoms with Gasteiger partial charge in [0, 0.05) is 19.2 Å². The van der Waals surface area contributed by atoms with Crippen LogP contribution in [0.1, 0.15) is 30.5 Å². The minimum Gasteiger partial charge on any atom is -0.394 e. The topological polar surface area (TPSA) is 66.6 Å². The number of amides is 1. The van der Waals surface area contributed by atoms with Gasteiger partial charge in [-0.05, 0) is 30.0 Å². The Morgan fingerprint density at radius 3 is 3.00 bits per heavy atom. The highest BCUT2D eigenvalue weighted by Crippen LogP contribution is 2.29. The molecule has 1 aliphatic rings. The lowest BCUT2D eigenvalue weighted by atomic mass is 9.97. The molecule has 0 aliphatic carbocycles. The van der Waals surface area contributed by atoms with Crippen LogP contribution in [0.15, 0.2) is 18.2 Å². The Morgan fingerprint density at radius 1 is 1.59 bits per heavy atom. The first kappa shape index (κ1) is 12.1. The van der Waals surface area contributed by atoms with Crippen LogP contribution in [0.5, 0.6) is 0 Å². The molecule has 1 aromatic carbocycles. The predicted molar refractivity (Wildman–Crippen MR) is 66.8 cm³/mol. The molecule has 17 heavy (non-hydrogen) atoms. The number of aliphatic hydroxyl groups excluding tert-OH is 1. The van der Waals surface area contributed by atoms with E-state index in [1.54, 1.807) is 11.8 Å². The van der Waals surface area contributed by atoms with E-state index in [1.165, 1.54) is 5.56 Å². The first-order chi connectivity index (χ1) is 8.13.